The van der Waals surface area contributed by atoms with Gasteiger partial charge >= 0.3 is 0 Å². The van der Waals surface area contributed by atoms with E-state index in [1.165, 1.54) is 0 Å². The summed E-state index contributed by atoms with van der Waals surface area (Å²) < 4.78 is 16.0. The van der Waals surface area contributed by atoms with Gasteiger partial charge in [-0.25, -0.2) is 0 Å². The average Bonchev–Trinajstić information content (AvgIpc) is 2.25. The molecule has 0 aromatic carbocycles. The first-order valence-electron chi connectivity index (χ1n) is 5.91. The molecule has 0 aliphatic rings. The number of likely N-dealkylation sites (N-methyl/N-ethyl adjacent to an activating group) is 1. The molecule has 4 heteroatoms. The van der Waals surface area contributed by atoms with E-state index in [0.717, 1.165) is 13.0 Å². The molecular formula is C12H27NO3. The van der Waals surface area contributed by atoms with Crippen LogP contribution in [0.15, 0.2) is 0 Å². The molecule has 0 saturated heterocycles. The highest BCUT2D eigenvalue weighted by molar-refractivity contribution is 4.68. The second kappa shape index (κ2) is 8.93. The van der Waals surface area contributed by atoms with Gasteiger partial charge in [0.2, 0.25) is 0 Å². The maximum atomic E-state index is 5.62. The number of hydrogen-bond donors (Lipinski definition) is 1. The van der Waals surface area contributed by atoms with Crippen molar-refractivity contribution < 1.29 is 14.2 Å². The Kier molecular flexibility index (Phi) is 8.84. The monoisotopic (exact) mass is 233 g/mol. The summed E-state index contributed by atoms with van der Waals surface area (Å²) in [7, 11) is 3.44. The summed E-state index contributed by atoms with van der Waals surface area (Å²) in [5.41, 5.74) is -0.102. The molecule has 0 heterocycles. The van der Waals surface area contributed by atoms with E-state index in [0.29, 0.717) is 19.8 Å². The van der Waals surface area contributed by atoms with E-state index in [1.54, 1.807) is 14.2 Å². The van der Waals surface area contributed by atoms with E-state index >= 15 is 0 Å². The molecular weight excluding hydrogens is 206 g/mol. The lowest BCUT2D eigenvalue weighted by Gasteiger charge is -2.23. The van der Waals surface area contributed by atoms with Gasteiger partial charge in [-0.3, -0.25) is 0 Å². The summed E-state index contributed by atoms with van der Waals surface area (Å²) in [5.74, 6) is 0. The molecule has 0 amide bonds. The fourth-order valence-corrected chi connectivity index (χ4v) is 1.30. The van der Waals surface area contributed by atoms with Crippen LogP contribution in [0.1, 0.15) is 27.2 Å². The van der Waals surface area contributed by atoms with E-state index in [2.05, 4.69) is 26.1 Å². The van der Waals surface area contributed by atoms with E-state index < -0.39 is 0 Å². The molecule has 0 fully saturated rings. The molecule has 0 spiro atoms. The molecule has 16 heavy (non-hydrogen) atoms. The van der Waals surface area contributed by atoms with Gasteiger partial charge in [-0.2, -0.15) is 0 Å². The molecule has 0 aliphatic heterocycles. The molecule has 4 nitrogen and oxygen atoms in total. The van der Waals surface area contributed by atoms with Crippen molar-refractivity contribution in [3.63, 3.8) is 0 Å². The largest absolute Gasteiger partial charge is 0.383 e. The van der Waals surface area contributed by atoms with Crippen molar-refractivity contribution in [3.05, 3.63) is 0 Å². The highest BCUT2D eigenvalue weighted by Crippen LogP contribution is 2.12. The number of nitrogens with one attached hydrogen (secondary N) is 1. The zero-order valence-corrected chi connectivity index (χ0v) is 11.3. The predicted molar refractivity (Wildman–Crippen MR) is 65.9 cm³/mol. The molecule has 0 bridgehead atoms. The molecule has 0 radical (unpaired) electrons. The highest BCUT2D eigenvalue weighted by atomic mass is 16.5. The minimum absolute atomic E-state index is 0.102. The Morgan fingerprint density at radius 1 is 1.19 bits per heavy atom. The molecule has 0 aromatic rings. The number of methoxy groups -OCH3 is 2. The van der Waals surface area contributed by atoms with Crippen LogP contribution in [0.5, 0.6) is 0 Å². The van der Waals surface area contributed by atoms with E-state index in [1.807, 2.05) is 0 Å². The number of ether oxygens (including phenoxy) is 3. The van der Waals surface area contributed by atoms with Crippen LogP contribution in [0.25, 0.3) is 0 Å². The van der Waals surface area contributed by atoms with Gasteiger partial charge in [0.25, 0.3) is 0 Å². The minimum Gasteiger partial charge on any atom is -0.383 e. The topological polar surface area (TPSA) is 39.7 Å². The Labute approximate surface area is 99.6 Å². The van der Waals surface area contributed by atoms with Crippen molar-refractivity contribution in [2.45, 2.75) is 38.8 Å². The molecule has 0 saturated carbocycles. The third-order valence-electron chi connectivity index (χ3n) is 2.58. The minimum atomic E-state index is -0.102. The predicted octanol–water partition coefficient (Wildman–Crippen LogP) is 1.44. The molecule has 1 N–H and O–H groups in total. The Hall–Kier alpha value is -0.160. The second-order valence-corrected chi connectivity index (χ2v) is 4.50. The van der Waals surface area contributed by atoms with Crippen molar-refractivity contribution in [2.24, 2.45) is 0 Å². The summed E-state index contributed by atoms with van der Waals surface area (Å²) in [6.07, 6.45) is 0.898. The van der Waals surface area contributed by atoms with Crippen LogP contribution in [-0.2, 0) is 14.2 Å². The molecule has 0 aliphatic carbocycles. The summed E-state index contributed by atoms with van der Waals surface area (Å²) in [4.78, 5) is 0. The van der Waals surface area contributed by atoms with Crippen LogP contribution in [-0.4, -0.2) is 52.2 Å². The van der Waals surface area contributed by atoms with Gasteiger partial charge in [0.05, 0.1) is 24.9 Å². The van der Waals surface area contributed by atoms with Crippen LogP contribution in [0.3, 0.4) is 0 Å². The fourth-order valence-electron chi connectivity index (χ4n) is 1.30. The van der Waals surface area contributed by atoms with Crippen LogP contribution in [0.4, 0.5) is 0 Å². The van der Waals surface area contributed by atoms with E-state index in [4.69, 9.17) is 14.2 Å². The summed E-state index contributed by atoms with van der Waals surface area (Å²) >= 11 is 0. The quantitative estimate of drug-likeness (QED) is 0.580. The maximum absolute atomic E-state index is 5.62. The van der Waals surface area contributed by atoms with Gasteiger partial charge in [0.15, 0.2) is 0 Å². The van der Waals surface area contributed by atoms with Crippen molar-refractivity contribution in [1.82, 2.24) is 5.32 Å². The Balaban J connectivity index is 3.61. The number of rotatable bonds is 10. The molecule has 1 atom stereocenters. The first kappa shape index (κ1) is 15.8. The molecule has 98 valence electrons. The smallest absolute Gasteiger partial charge is 0.0644 e. The van der Waals surface area contributed by atoms with Gasteiger partial charge in [-0.05, 0) is 26.8 Å². The van der Waals surface area contributed by atoms with Crippen LogP contribution >= 0.6 is 0 Å². The van der Waals surface area contributed by atoms with Crippen LogP contribution in [0, 0.1) is 0 Å². The van der Waals surface area contributed by atoms with Gasteiger partial charge in [0, 0.05) is 20.8 Å². The Morgan fingerprint density at radius 3 is 2.38 bits per heavy atom. The zero-order valence-electron chi connectivity index (χ0n) is 11.3. The van der Waals surface area contributed by atoms with E-state index in [-0.39, 0.29) is 11.6 Å². The highest BCUT2D eigenvalue weighted by Gasteiger charge is 2.16. The lowest BCUT2D eigenvalue weighted by molar-refractivity contribution is -0.0150. The first-order chi connectivity index (χ1) is 7.55. The van der Waals surface area contributed by atoms with Crippen LogP contribution in [0.2, 0.25) is 0 Å². The van der Waals surface area contributed by atoms with Gasteiger partial charge in [-0.1, -0.05) is 6.92 Å². The van der Waals surface area contributed by atoms with Crippen molar-refractivity contribution in [2.75, 3.05) is 40.6 Å². The lowest BCUT2D eigenvalue weighted by atomic mass is 10.1. The van der Waals surface area contributed by atoms with Crippen molar-refractivity contribution in [1.29, 1.82) is 0 Å². The molecule has 0 rings (SSSR count). The third-order valence-corrected chi connectivity index (χ3v) is 2.58. The maximum Gasteiger partial charge on any atom is 0.0644 e. The fraction of sp³-hybridized carbons (Fsp3) is 1.00. The Bertz CT molecular complexity index is 156. The molecule has 0 aromatic heterocycles. The first-order valence-corrected chi connectivity index (χ1v) is 5.91. The SMILES string of the molecule is CCNC(COC)COCCC(C)(C)OC. The summed E-state index contributed by atoms with van der Waals surface area (Å²) in [6, 6.07) is 0.278. The lowest BCUT2D eigenvalue weighted by Crippen LogP contribution is -2.37. The molecule has 1 unspecified atom stereocenters. The van der Waals surface area contributed by atoms with E-state index in [9.17, 15) is 0 Å². The Morgan fingerprint density at radius 2 is 1.88 bits per heavy atom. The van der Waals surface area contributed by atoms with Crippen LogP contribution < -0.4 is 5.32 Å². The normalized spacial score (nSPS) is 14.1. The zero-order chi connectivity index (χ0) is 12.4. The van der Waals surface area contributed by atoms with Gasteiger partial charge in [0.1, 0.15) is 0 Å². The third kappa shape index (κ3) is 8.05. The summed E-state index contributed by atoms with van der Waals surface area (Å²) in [5, 5.41) is 3.31. The second-order valence-electron chi connectivity index (χ2n) is 4.50. The average molecular weight is 233 g/mol. The number of hydrogen-bond acceptors (Lipinski definition) is 4. The standard InChI is InChI=1S/C12H27NO3/c1-6-13-11(9-14-4)10-16-8-7-12(2,3)15-5/h11,13H,6-10H2,1-5H3. The van der Waals surface area contributed by atoms with Crippen molar-refractivity contribution >= 4 is 0 Å². The van der Waals surface area contributed by atoms with Gasteiger partial charge in [-0.15, -0.1) is 0 Å². The summed E-state index contributed by atoms with van der Waals surface area (Å²) in [6.45, 7) is 9.22. The van der Waals surface area contributed by atoms with Gasteiger partial charge < -0.3 is 19.5 Å². The van der Waals surface area contributed by atoms with Crippen molar-refractivity contribution in [3.8, 4) is 0 Å².